The molecule has 1 fully saturated rings. The molecule has 1 aromatic heterocycles. The third kappa shape index (κ3) is 2.03. The van der Waals surface area contributed by atoms with Gasteiger partial charge in [0.25, 0.3) is 0 Å². The van der Waals surface area contributed by atoms with Crippen LogP contribution in [0.2, 0.25) is 0 Å². The Labute approximate surface area is 85.0 Å². The predicted octanol–water partition coefficient (Wildman–Crippen LogP) is 2.56. The maximum atomic E-state index is 4.24. The third-order valence-corrected chi connectivity index (χ3v) is 2.71. The Morgan fingerprint density at radius 3 is 2.64 bits per heavy atom. The van der Waals surface area contributed by atoms with Gasteiger partial charge in [-0.2, -0.15) is 0 Å². The van der Waals surface area contributed by atoms with Crippen molar-refractivity contribution in [3.05, 3.63) is 18.1 Å². The first-order valence-electron chi connectivity index (χ1n) is 5.19. The summed E-state index contributed by atoms with van der Waals surface area (Å²) in [6.45, 7) is 6.51. The molecule has 14 heavy (non-hydrogen) atoms. The highest BCUT2D eigenvalue weighted by Gasteiger charge is 2.37. The highest BCUT2D eigenvalue weighted by Crippen LogP contribution is 2.37. The summed E-state index contributed by atoms with van der Waals surface area (Å²) >= 11 is 0. The van der Waals surface area contributed by atoms with E-state index in [-0.39, 0.29) is 0 Å². The second-order valence-corrected chi connectivity index (χ2v) is 4.67. The molecule has 1 N–H and O–H groups in total. The Hall–Kier alpha value is -1.12. The maximum Gasteiger partial charge on any atom is 0.130 e. The minimum Gasteiger partial charge on any atom is -0.365 e. The summed E-state index contributed by atoms with van der Waals surface area (Å²) in [4.78, 5) is 8.46. The van der Waals surface area contributed by atoms with E-state index in [0.717, 1.165) is 11.5 Å². The lowest BCUT2D eigenvalue weighted by Crippen LogP contribution is -2.17. The van der Waals surface area contributed by atoms with E-state index >= 15 is 0 Å². The summed E-state index contributed by atoms with van der Waals surface area (Å²) in [7, 11) is 0. The zero-order chi connectivity index (χ0) is 10.2. The molecule has 0 atom stereocenters. The van der Waals surface area contributed by atoms with Crippen LogP contribution in [0.4, 0.5) is 5.82 Å². The summed E-state index contributed by atoms with van der Waals surface area (Å²) in [5.74, 6) is 1.43. The molecule has 2 rings (SSSR count). The minimum absolute atomic E-state index is 0.294. The average molecular weight is 191 g/mol. The van der Waals surface area contributed by atoms with Gasteiger partial charge in [0, 0.05) is 17.3 Å². The van der Waals surface area contributed by atoms with Gasteiger partial charge in [-0.25, -0.2) is 9.97 Å². The first-order valence-corrected chi connectivity index (χ1v) is 5.19. The van der Waals surface area contributed by atoms with Crippen molar-refractivity contribution in [2.75, 3.05) is 5.32 Å². The number of rotatable bonds is 3. The molecule has 0 amide bonds. The smallest absolute Gasteiger partial charge is 0.130 e. The van der Waals surface area contributed by atoms with Crippen molar-refractivity contribution >= 4 is 5.82 Å². The van der Waals surface area contributed by atoms with E-state index in [9.17, 15) is 0 Å². The first-order chi connectivity index (χ1) is 6.59. The number of aromatic nitrogens is 2. The van der Waals surface area contributed by atoms with Crippen molar-refractivity contribution in [1.29, 1.82) is 0 Å². The number of nitrogens with one attached hydrogen (secondary N) is 1. The van der Waals surface area contributed by atoms with Crippen molar-refractivity contribution in [3.63, 3.8) is 0 Å². The third-order valence-electron chi connectivity index (χ3n) is 2.71. The Balaban J connectivity index is 2.13. The van der Waals surface area contributed by atoms with Gasteiger partial charge in [-0.15, -0.1) is 0 Å². The molecule has 3 nitrogen and oxygen atoms in total. The van der Waals surface area contributed by atoms with Crippen LogP contribution >= 0.6 is 0 Å². The van der Waals surface area contributed by atoms with Crippen molar-refractivity contribution in [3.8, 4) is 0 Å². The molecule has 1 saturated carbocycles. The summed E-state index contributed by atoms with van der Waals surface area (Å²) in [5, 5.41) is 3.44. The second kappa shape index (κ2) is 3.23. The quantitative estimate of drug-likeness (QED) is 0.798. The van der Waals surface area contributed by atoms with E-state index in [1.165, 1.54) is 12.8 Å². The van der Waals surface area contributed by atoms with Crippen LogP contribution in [0, 0.1) is 0 Å². The maximum absolute atomic E-state index is 4.24. The Kier molecular flexibility index (Phi) is 2.17. The van der Waals surface area contributed by atoms with Crippen LogP contribution in [0.15, 0.2) is 12.4 Å². The number of nitrogens with zero attached hydrogens (tertiary/aromatic N) is 2. The monoisotopic (exact) mass is 191 g/mol. The normalized spacial score (nSPS) is 18.3. The molecule has 1 aliphatic rings. The van der Waals surface area contributed by atoms with E-state index in [1.807, 2.05) is 6.07 Å². The Morgan fingerprint density at radius 2 is 2.07 bits per heavy atom. The number of hydrogen-bond acceptors (Lipinski definition) is 3. The second-order valence-electron chi connectivity index (χ2n) is 4.67. The molecule has 0 radical (unpaired) electrons. The van der Waals surface area contributed by atoms with Crippen LogP contribution in [0.1, 0.15) is 45.2 Å². The zero-order valence-corrected chi connectivity index (χ0v) is 9.04. The zero-order valence-electron chi connectivity index (χ0n) is 9.04. The van der Waals surface area contributed by atoms with Crippen LogP contribution in [0.25, 0.3) is 0 Å². The fourth-order valence-corrected chi connectivity index (χ4v) is 1.38. The van der Waals surface area contributed by atoms with Gasteiger partial charge in [-0.3, -0.25) is 0 Å². The SMILES string of the molecule is CC(C)c1cc(NC2(C)CC2)ncn1. The molecule has 0 spiro atoms. The van der Waals surface area contributed by atoms with Crippen LogP contribution in [0.5, 0.6) is 0 Å². The van der Waals surface area contributed by atoms with E-state index in [0.29, 0.717) is 11.5 Å². The van der Waals surface area contributed by atoms with Crippen molar-refractivity contribution in [2.24, 2.45) is 0 Å². The van der Waals surface area contributed by atoms with Gasteiger partial charge < -0.3 is 5.32 Å². The van der Waals surface area contributed by atoms with Gasteiger partial charge in [-0.1, -0.05) is 13.8 Å². The van der Waals surface area contributed by atoms with Gasteiger partial charge >= 0.3 is 0 Å². The summed E-state index contributed by atoms with van der Waals surface area (Å²) < 4.78 is 0. The molecule has 0 aliphatic heterocycles. The van der Waals surface area contributed by atoms with E-state index in [2.05, 4.69) is 36.1 Å². The summed E-state index contributed by atoms with van der Waals surface area (Å²) in [6.07, 6.45) is 4.13. The first kappa shape index (κ1) is 9.44. The van der Waals surface area contributed by atoms with Crippen LogP contribution < -0.4 is 5.32 Å². The van der Waals surface area contributed by atoms with Gasteiger partial charge in [0.1, 0.15) is 12.1 Å². The van der Waals surface area contributed by atoms with Crippen LogP contribution in [-0.4, -0.2) is 15.5 Å². The number of anilines is 1. The van der Waals surface area contributed by atoms with Crippen molar-refractivity contribution in [2.45, 2.75) is 45.1 Å². The fraction of sp³-hybridized carbons (Fsp3) is 0.636. The molecule has 76 valence electrons. The molecular weight excluding hydrogens is 174 g/mol. The van der Waals surface area contributed by atoms with Gasteiger partial charge in [0.2, 0.25) is 0 Å². The summed E-state index contributed by atoms with van der Waals surface area (Å²) in [5.41, 5.74) is 1.40. The van der Waals surface area contributed by atoms with Gasteiger partial charge in [-0.05, 0) is 25.7 Å². The van der Waals surface area contributed by atoms with Crippen molar-refractivity contribution in [1.82, 2.24) is 9.97 Å². The molecule has 0 unspecified atom stereocenters. The Bertz CT molecular complexity index is 329. The highest BCUT2D eigenvalue weighted by atomic mass is 15.1. The molecule has 3 heteroatoms. The van der Waals surface area contributed by atoms with E-state index in [1.54, 1.807) is 6.33 Å². The standard InChI is InChI=1S/C11H17N3/c1-8(2)9-6-10(13-7-12-9)14-11(3)4-5-11/h6-8H,4-5H2,1-3H3,(H,12,13,14). The Morgan fingerprint density at radius 1 is 1.36 bits per heavy atom. The summed E-state index contributed by atoms with van der Waals surface area (Å²) in [6, 6.07) is 2.05. The highest BCUT2D eigenvalue weighted by molar-refractivity contribution is 5.40. The molecule has 1 aromatic rings. The molecule has 1 aliphatic carbocycles. The van der Waals surface area contributed by atoms with Crippen LogP contribution in [0.3, 0.4) is 0 Å². The predicted molar refractivity (Wildman–Crippen MR) is 57.4 cm³/mol. The van der Waals surface area contributed by atoms with E-state index in [4.69, 9.17) is 0 Å². The van der Waals surface area contributed by atoms with Crippen molar-refractivity contribution < 1.29 is 0 Å². The minimum atomic E-state index is 0.294. The largest absolute Gasteiger partial charge is 0.365 e. The fourth-order valence-electron chi connectivity index (χ4n) is 1.38. The molecule has 0 saturated heterocycles. The lowest BCUT2D eigenvalue weighted by atomic mass is 10.1. The molecule has 0 bridgehead atoms. The van der Waals surface area contributed by atoms with Crippen LogP contribution in [-0.2, 0) is 0 Å². The topological polar surface area (TPSA) is 37.8 Å². The molecule has 0 aromatic carbocycles. The lowest BCUT2D eigenvalue weighted by molar-refractivity contribution is 0.794. The van der Waals surface area contributed by atoms with Gasteiger partial charge in [0.15, 0.2) is 0 Å². The average Bonchev–Trinajstić information content (AvgIpc) is 2.83. The molecule has 1 heterocycles. The van der Waals surface area contributed by atoms with Gasteiger partial charge in [0.05, 0.1) is 0 Å². The lowest BCUT2D eigenvalue weighted by Gasteiger charge is -2.13. The van der Waals surface area contributed by atoms with E-state index < -0.39 is 0 Å². The number of hydrogen-bond donors (Lipinski definition) is 1. The molecular formula is C11H17N3.